The van der Waals surface area contributed by atoms with E-state index in [-0.39, 0.29) is 5.84 Å². The van der Waals surface area contributed by atoms with Crippen LogP contribution in [0.25, 0.3) is 98.5 Å². The first kappa shape index (κ1) is 32.6. The van der Waals surface area contributed by atoms with Crippen LogP contribution in [0.4, 0.5) is 0 Å². The van der Waals surface area contributed by atoms with Crippen molar-refractivity contribution in [3.05, 3.63) is 169 Å². The van der Waals surface area contributed by atoms with E-state index < -0.39 is 6.17 Å². The van der Waals surface area contributed by atoms with Crippen molar-refractivity contribution in [3.8, 4) is 22.3 Å². The lowest BCUT2D eigenvalue weighted by Gasteiger charge is -2.18. The highest BCUT2D eigenvalue weighted by molar-refractivity contribution is 7.25. The standard InChI is InChI=1S/C49H33N3O2S/c1-4-28-16-17-33(24-29(28)5-2)48(50)52-49(51-3)38-12-9-14-42-47(38)39-25-32(20-23-40(39)53-42)34-11-8-13-41-46(34)37-22-19-30(26-43(37)54-41)31-18-21-36-35-10-6-7-15-44(35)55-45(36)27-31/h4-27,49H,1-3H2,(H2,50,52). The molecule has 0 saturated carbocycles. The van der Waals surface area contributed by atoms with Crippen molar-refractivity contribution in [1.82, 2.24) is 5.32 Å². The third-order valence-corrected chi connectivity index (χ3v) is 11.8. The Morgan fingerprint density at radius 2 is 1.33 bits per heavy atom. The summed E-state index contributed by atoms with van der Waals surface area (Å²) in [5.74, 6) is 0.226. The second-order valence-electron chi connectivity index (χ2n) is 13.7. The molecule has 2 N–H and O–H groups in total. The van der Waals surface area contributed by atoms with Gasteiger partial charge in [0, 0.05) is 52.8 Å². The topological polar surface area (TPSA) is 74.5 Å². The molecule has 3 heterocycles. The number of furan rings is 2. The molecule has 5 nitrogen and oxygen atoms in total. The Morgan fingerprint density at radius 1 is 0.600 bits per heavy atom. The minimum absolute atomic E-state index is 0.226. The lowest BCUT2D eigenvalue weighted by molar-refractivity contribution is 0.664. The first-order valence-corrected chi connectivity index (χ1v) is 18.9. The molecule has 0 spiro atoms. The fraction of sp³-hybridized carbons (Fsp3) is 0.0204. The quantitative estimate of drug-likeness (QED) is 0.121. The van der Waals surface area contributed by atoms with E-state index in [1.807, 2.05) is 65.9 Å². The predicted molar refractivity (Wildman–Crippen MR) is 234 cm³/mol. The summed E-state index contributed by atoms with van der Waals surface area (Å²) in [4.78, 5) is 4.45. The third-order valence-electron chi connectivity index (χ3n) is 10.6. The molecule has 0 radical (unpaired) electrons. The van der Waals surface area contributed by atoms with Gasteiger partial charge in [0.1, 0.15) is 34.3 Å². The van der Waals surface area contributed by atoms with Crippen LogP contribution < -0.4 is 5.32 Å². The van der Waals surface area contributed by atoms with Crippen molar-refractivity contribution in [2.75, 3.05) is 0 Å². The average Bonchev–Trinajstić information content (AvgIpc) is 3.92. The van der Waals surface area contributed by atoms with Gasteiger partial charge in [0.25, 0.3) is 0 Å². The number of hydrogen-bond donors (Lipinski definition) is 2. The molecule has 0 fully saturated rings. The highest BCUT2D eigenvalue weighted by atomic mass is 32.1. The maximum atomic E-state index is 8.94. The molecule has 0 aliphatic rings. The van der Waals surface area contributed by atoms with E-state index >= 15 is 0 Å². The smallest absolute Gasteiger partial charge is 0.145 e. The molecule has 6 heteroatoms. The highest BCUT2D eigenvalue weighted by Crippen LogP contribution is 2.42. The van der Waals surface area contributed by atoms with E-state index in [0.29, 0.717) is 5.56 Å². The molecule has 262 valence electrons. The zero-order valence-corrected chi connectivity index (χ0v) is 30.5. The Morgan fingerprint density at radius 3 is 2.16 bits per heavy atom. The SMILES string of the molecule is C=Cc1ccc(C(=N)NC(N=C)c2cccc3oc4ccc(-c5cccc6oc7cc(-c8ccc9c(c8)sc8ccccc89)ccc7c56)cc4c23)cc1C=C. The van der Waals surface area contributed by atoms with E-state index in [9.17, 15) is 0 Å². The molecule has 0 saturated heterocycles. The summed E-state index contributed by atoms with van der Waals surface area (Å²) < 4.78 is 15.5. The Kier molecular flexibility index (Phi) is 7.61. The maximum absolute atomic E-state index is 8.94. The van der Waals surface area contributed by atoms with Crippen molar-refractivity contribution in [2.24, 2.45) is 4.99 Å². The van der Waals surface area contributed by atoms with Gasteiger partial charge in [-0.2, -0.15) is 0 Å². The highest BCUT2D eigenvalue weighted by Gasteiger charge is 2.21. The second-order valence-corrected chi connectivity index (χ2v) is 14.8. The summed E-state index contributed by atoms with van der Waals surface area (Å²) in [6.45, 7) is 11.7. The van der Waals surface area contributed by atoms with Gasteiger partial charge in [-0.15, -0.1) is 11.3 Å². The number of nitrogens with one attached hydrogen (secondary N) is 2. The van der Waals surface area contributed by atoms with Crippen LogP contribution in [0.2, 0.25) is 0 Å². The molecule has 7 aromatic carbocycles. The van der Waals surface area contributed by atoms with Crippen LogP contribution in [0.5, 0.6) is 0 Å². The summed E-state index contributed by atoms with van der Waals surface area (Å²) >= 11 is 1.83. The normalized spacial score (nSPS) is 12.2. The van der Waals surface area contributed by atoms with Crippen molar-refractivity contribution in [2.45, 2.75) is 6.17 Å². The Bertz CT molecular complexity index is 3230. The minimum atomic E-state index is -0.595. The number of amidine groups is 1. The summed E-state index contributed by atoms with van der Waals surface area (Å²) in [6, 6.07) is 46.1. The minimum Gasteiger partial charge on any atom is -0.456 e. The molecule has 55 heavy (non-hydrogen) atoms. The summed E-state index contributed by atoms with van der Waals surface area (Å²) in [6.07, 6.45) is 2.96. The van der Waals surface area contributed by atoms with Gasteiger partial charge in [0.2, 0.25) is 0 Å². The van der Waals surface area contributed by atoms with Crippen molar-refractivity contribution in [1.29, 1.82) is 5.41 Å². The first-order valence-electron chi connectivity index (χ1n) is 18.0. The van der Waals surface area contributed by atoms with Crippen molar-refractivity contribution in [3.63, 3.8) is 0 Å². The van der Waals surface area contributed by atoms with Crippen LogP contribution in [-0.4, -0.2) is 12.6 Å². The molecule has 1 unspecified atom stereocenters. The molecule has 3 aromatic heterocycles. The summed E-state index contributed by atoms with van der Waals surface area (Å²) in [5, 5.41) is 18.8. The van der Waals surface area contributed by atoms with Crippen LogP contribution in [-0.2, 0) is 0 Å². The summed E-state index contributed by atoms with van der Waals surface area (Å²) in [7, 11) is 0. The van der Waals surface area contributed by atoms with Crippen LogP contribution >= 0.6 is 11.3 Å². The molecule has 0 amide bonds. The molecule has 0 bridgehead atoms. The number of fused-ring (bicyclic) bond motifs is 9. The monoisotopic (exact) mass is 727 g/mol. The first-order chi connectivity index (χ1) is 27.0. The van der Waals surface area contributed by atoms with Gasteiger partial charge in [0.15, 0.2) is 0 Å². The Balaban J connectivity index is 1.04. The zero-order chi connectivity index (χ0) is 37.2. The van der Waals surface area contributed by atoms with Gasteiger partial charge >= 0.3 is 0 Å². The number of nitrogens with zero attached hydrogens (tertiary/aromatic N) is 1. The van der Waals surface area contributed by atoms with E-state index in [0.717, 1.165) is 77.3 Å². The van der Waals surface area contributed by atoms with Gasteiger partial charge in [-0.3, -0.25) is 10.4 Å². The van der Waals surface area contributed by atoms with Gasteiger partial charge in [-0.05, 0) is 94.7 Å². The molecular weight excluding hydrogens is 695 g/mol. The molecule has 0 aliphatic carbocycles. The van der Waals surface area contributed by atoms with Gasteiger partial charge < -0.3 is 14.2 Å². The number of aliphatic imine (C=N–C) groups is 1. The van der Waals surface area contributed by atoms with Gasteiger partial charge in [-0.1, -0.05) is 104 Å². The molecule has 1 atom stereocenters. The number of rotatable bonds is 8. The number of thiophene rings is 1. The van der Waals surface area contributed by atoms with E-state index in [1.54, 1.807) is 12.2 Å². The Labute approximate surface area is 320 Å². The molecular formula is C49H33N3O2S. The second kappa shape index (κ2) is 12.8. The Hall–Kier alpha value is -7.02. The lowest BCUT2D eigenvalue weighted by Crippen LogP contribution is -2.27. The van der Waals surface area contributed by atoms with Crippen LogP contribution in [0.15, 0.2) is 160 Å². The van der Waals surface area contributed by atoms with E-state index in [4.69, 9.17) is 14.2 Å². The van der Waals surface area contributed by atoms with Gasteiger partial charge in [-0.25, -0.2) is 0 Å². The van der Waals surface area contributed by atoms with Crippen molar-refractivity contribution < 1.29 is 8.83 Å². The number of hydrogen-bond acceptors (Lipinski definition) is 5. The van der Waals surface area contributed by atoms with Crippen LogP contribution in [0.3, 0.4) is 0 Å². The predicted octanol–water partition coefficient (Wildman–Crippen LogP) is 13.8. The van der Waals surface area contributed by atoms with Crippen LogP contribution in [0.1, 0.15) is 28.4 Å². The maximum Gasteiger partial charge on any atom is 0.145 e. The molecule has 10 rings (SSSR count). The molecule has 0 aliphatic heterocycles. The van der Waals surface area contributed by atoms with E-state index in [2.05, 4.69) is 109 Å². The summed E-state index contributed by atoms with van der Waals surface area (Å²) in [5.41, 5.74) is 11.0. The average molecular weight is 728 g/mol. The third kappa shape index (κ3) is 5.30. The lowest BCUT2D eigenvalue weighted by atomic mass is 9.96. The fourth-order valence-corrected chi connectivity index (χ4v) is 9.08. The fourth-order valence-electron chi connectivity index (χ4n) is 7.94. The van der Waals surface area contributed by atoms with E-state index in [1.165, 1.54) is 25.7 Å². The molecule has 10 aromatic rings. The van der Waals surface area contributed by atoms with Gasteiger partial charge in [0.05, 0.1) is 0 Å². The van der Waals surface area contributed by atoms with Crippen LogP contribution in [0, 0.1) is 5.41 Å². The largest absolute Gasteiger partial charge is 0.456 e. The number of benzene rings is 7. The van der Waals surface area contributed by atoms with Crippen molar-refractivity contribution >= 4 is 100 Å². The zero-order valence-electron chi connectivity index (χ0n) is 29.7.